The van der Waals surface area contributed by atoms with E-state index in [4.69, 9.17) is 21.1 Å². The average molecular weight is 417 g/mol. The number of ether oxygens (including phenoxy) is 2. The SMILES string of the molecule is C[C@H]1CC[C@H](COc2nc(Nc3ccc(N4CCOCC4)cc3)ncc2Cl)CC1. The molecule has 0 amide bonds. The number of hydrogen-bond donors (Lipinski definition) is 1. The zero-order chi connectivity index (χ0) is 20.1. The molecule has 2 aromatic rings. The first kappa shape index (κ1) is 20.2. The van der Waals surface area contributed by atoms with Crippen LogP contribution in [0.3, 0.4) is 0 Å². The Labute approximate surface area is 177 Å². The van der Waals surface area contributed by atoms with Gasteiger partial charge in [0.05, 0.1) is 26.0 Å². The van der Waals surface area contributed by atoms with Crippen LogP contribution in [-0.2, 0) is 4.74 Å². The van der Waals surface area contributed by atoms with Crippen LogP contribution in [0.15, 0.2) is 30.5 Å². The molecule has 2 heterocycles. The first-order valence-corrected chi connectivity index (χ1v) is 10.9. The molecule has 0 unspecified atom stereocenters. The van der Waals surface area contributed by atoms with Gasteiger partial charge in [0, 0.05) is 24.5 Å². The summed E-state index contributed by atoms with van der Waals surface area (Å²) in [4.78, 5) is 11.1. The average Bonchev–Trinajstić information content (AvgIpc) is 2.76. The molecule has 1 aliphatic heterocycles. The lowest BCUT2D eigenvalue weighted by Crippen LogP contribution is -2.36. The fourth-order valence-corrected chi connectivity index (χ4v) is 4.06. The van der Waals surface area contributed by atoms with Crippen molar-refractivity contribution in [1.82, 2.24) is 9.97 Å². The minimum atomic E-state index is 0.447. The van der Waals surface area contributed by atoms with Gasteiger partial charge in [-0.25, -0.2) is 4.98 Å². The molecule has 1 saturated heterocycles. The van der Waals surface area contributed by atoms with Crippen molar-refractivity contribution in [3.8, 4) is 5.88 Å². The fourth-order valence-electron chi connectivity index (χ4n) is 3.91. The van der Waals surface area contributed by atoms with E-state index >= 15 is 0 Å². The Morgan fingerprint density at radius 3 is 2.59 bits per heavy atom. The second-order valence-corrected chi connectivity index (χ2v) is 8.46. The quantitative estimate of drug-likeness (QED) is 0.721. The van der Waals surface area contributed by atoms with Crippen LogP contribution in [0.25, 0.3) is 0 Å². The number of aromatic nitrogens is 2. The van der Waals surface area contributed by atoms with Crippen molar-refractivity contribution in [2.75, 3.05) is 43.1 Å². The molecule has 1 aromatic carbocycles. The number of benzene rings is 1. The first-order chi connectivity index (χ1) is 14.2. The summed E-state index contributed by atoms with van der Waals surface area (Å²) in [6.07, 6.45) is 6.57. The van der Waals surface area contributed by atoms with Gasteiger partial charge in [-0.2, -0.15) is 4.98 Å². The predicted molar refractivity (Wildman–Crippen MR) is 116 cm³/mol. The molecule has 156 valence electrons. The van der Waals surface area contributed by atoms with Crippen molar-refractivity contribution in [3.05, 3.63) is 35.5 Å². The number of anilines is 3. The maximum absolute atomic E-state index is 6.25. The number of halogens is 1. The minimum absolute atomic E-state index is 0.447. The van der Waals surface area contributed by atoms with E-state index in [1.807, 2.05) is 12.1 Å². The van der Waals surface area contributed by atoms with E-state index in [0.717, 1.165) is 37.9 Å². The molecule has 4 rings (SSSR count). The second kappa shape index (κ2) is 9.63. The van der Waals surface area contributed by atoms with E-state index in [2.05, 4.69) is 39.2 Å². The Morgan fingerprint density at radius 1 is 1.14 bits per heavy atom. The van der Waals surface area contributed by atoms with E-state index in [1.54, 1.807) is 6.20 Å². The zero-order valence-electron chi connectivity index (χ0n) is 16.9. The van der Waals surface area contributed by atoms with Gasteiger partial charge in [0.25, 0.3) is 0 Å². The van der Waals surface area contributed by atoms with Crippen LogP contribution < -0.4 is 15.0 Å². The lowest BCUT2D eigenvalue weighted by Gasteiger charge is -2.28. The van der Waals surface area contributed by atoms with Gasteiger partial charge in [0.2, 0.25) is 11.8 Å². The molecule has 1 saturated carbocycles. The van der Waals surface area contributed by atoms with Crippen molar-refractivity contribution in [2.45, 2.75) is 32.6 Å². The number of hydrogen-bond acceptors (Lipinski definition) is 6. The molecule has 0 bridgehead atoms. The summed E-state index contributed by atoms with van der Waals surface area (Å²) >= 11 is 6.25. The Bertz CT molecular complexity index is 788. The van der Waals surface area contributed by atoms with Crippen molar-refractivity contribution in [2.24, 2.45) is 11.8 Å². The first-order valence-electron chi connectivity index (χ1n) is 10.5. The molecule has 1 N–H and O–H groups in total. The van der Waals surface area contributed by atoms with Crippen molar-refractivity contribution < 1.29 is 9.47 Å². The van der Waals surface area contributed by atoms with Gasteiger partial charge in [-0.15, -0.1) is 0 Å². The van der Waals surface area contributed by atoms with Gasteiger partial charge < -0.3 is 19.7 Å². The summed E-state index contributed by atoms with van der Waals surface area (Å²) in [5.41, 5.74) is 2.12. The van der Waals surface area contributed by atoms with Crippen molar-refractivity contribution in [3.63, 3.8) is 0 Å². The molecule has 2 fully saturated rings. The predicted octanol–water partition coefficient (Wildman–Crippen LogP) is 4.92. The maximum Gasteiger partial charge on any atom is 0.237 e. The number of rotatable bonds is 6. The minimum Gasteiger partial charge on any atom is -0.476 e. The summed E-state index contributed by atoms with van der Waals surface area (Å²) in [6.45, 7) is 6.39. The van der Waals surface area contributed by atoms with Crippen molar-refractivity contribution in [1.29, 1.82) is 0 Å². The van der Waals surface area contributed by atoms with Gasteiger partial charge in [-0.1, -0.05) is 31.4 Å². The highest BCUT2D eigenvalue weighted by molar-refractivity contribution is 6.31. The van der Waals surface area contributed by atoms with Crippen LogP contribution in [0.1, 0.15) is 32.6 Å². The molecule has 0 atom stereocenters. The largest absolute Gasteiger partial charge is 0.476 e. The smallest absolute Gasteiger partial charge is 0.237 e. The Balaban J connectivity index is 1.35. The molecule has 29 heavy (non-hydrogen) atoms. The summed E-state index contributed by atoms with van der Waals surface area (Å²) in [5.74, 6) is 2.36. The van der Waals surface area contributed by atoms with E-state index in [9.17, 15) is 0 Å². The molecular weight excluding hydrogens is 388 g/mol. The maximum atomic E-state index is 6.25. The molecular formula is C22H29ClN4O2. The molecule has 1 aromatic heterocycles. The molecule has 6 nitrogen and oxygen atoms in total. The topological polar surface area (TPSA) is 59.5 Å². The third kappa shape index (κ3) is 5.52. The lowest BCUT2D eigenvalue weighted by atomic mass is 9.83. The molecule has 0 radical (unpaired) electrons. The van der Waals surface area contributed by atoms with Crippen molar-refractivity contribution >= 4 is 28.9 Å². The van der Waals surface area contributed by atoms with E-state index < -0.39 is 0 Å². The molecule has 2 aliphatic rings. The normalized spacial score (nSPS) is 22.3. The Morgan fingerprint density at radius 2 is 1.86 bits per heavy atom. The van der Waals surface area contributed by atoms with Crippen LogP contribution >= 0.6 is 11.6 Å². The monoisotopic (exact) mass is 416 g/mol. The third-order valence-corrected chi connectivity index (χ3v) is 6.06. The zero-order valence-corrected chi connectivity index (χ0v) is 17.7. The highest BCUT2D eigenvalue weighted by Crippen LogP contribution is 2.30. The summed E-state index contributed by atoms with van der Waals surface area (Å²) in [6, 6.07) is 8.27. The highest BCUT2D eigenvalue weighted by atomic mass is 35.5. The van der Waals surface area contributed by atoms with E-state index in [-0.39, 0.29) is 0 Å². The number of nitrogens with zero attached hydrogens (tertiary/aromatic N) is 3. The fraction of sp³-hybridized carbons (Fsp3) is 0.545. The number of nitrogens with one attached hydrogen (secondary N) is 1. The van der Waals surface area contributed by atoms with E-state index in [1.165, 1.54) is 31.4 Å². The summed E-state index contributed by atoms with van der Waals surface area (Å²) in [5, 5.41) is 3.69. The van der Waals surface area contributed by atoms with Gasteiger partial charge in [0.1, 0.15) is 5.02 Å². The van der Waals surface area contributed by atoms with E-state index in [0.29, 0.717) is 29.4 Å². The summed E-state index contributed by atoms with van der Waals surface area (Å²) < 4.78 is 11.4. The third-order valence-electron chi connectivity index (χ3n) is 5.80. The molecule has 7 heteroatoms. The van der Waals surface area contributed by atoms with Gasteiger partial charge in [-0.3, -0.25) is 0 Å². The second-order valence-electron chi connectivity index (χ2n) is 8.05. The Kier molecular flexibility index (Phi) is 6.72. The van der Waals surface area contributed by atoms with Crippen LogP contribution in [0, 0.1) is 11.8 Å². The van der Waals surface area contributed by atoms with Crippen LogP contribution in [0.4, 0.5) is 17.3 Å². The van der Waals surface area contributed by atoms with Gasteiger partial charge in [-0.05, 0) is 48.9 Å². The van der Waals surface area contributed by atoms with Crippen LogP contribution in [-0.4, -0.2) is 42.9 Å². The molecule has 1 aliphatic carbocycles. The Hall–Kier alpha value is -2.05. The number of morpholine rings is 1. The lowest BCUT2D eigenvalue weighted by molar-refractivity contribution is 0.122. The highest BCUT2D eigenvalue weighted by Gasteiger charge is 2.19. The molecule has 0 spiro atoms. The van der Waals surface area contributed by atoms with Gasteiger partial charge >= 0.3 is 0 Å². The van der Waals surface area contributed by atoms with Crippen LogP contribution in [0.5, 0.6) is 5.88 Å². The summed E-state index contributed by atoms with van der Waals surface area (Å²) in [7, 11) is 0. The van der Waals surface area contributed by atoms with Gasteiger partial charge in [0.15, 0.2) is 0 Å². The standard InChI is InChI=1S/C22H29ClN4O2/c1-16-2-4-17(5-3-16)15-29-21-20(23)14-24-22(26-21)25-18-6-8-19(9-7-18)27-10-12-28-13-11-27/h6-9,14,16-17H,2-5,10-13,15H2,1H3,(H,24,25,26)/t16-,17-. The van der Waals surface area contributed by atoms with Crippen LogP contribution in [0.2, 0.25) is 5.02 Å².